The average Bonchev–Trinajstić information content (AvgIpc) is 2.41. The van der Waals surface area contributed by atoms with Crippen LogP contribution in [0.4, 0.5) is 0 Å². The minimum atomic E-state index is -3.64. The lowest BCUT2D eigenvalue weighted by Gasteiger charge is -2.17. The molecule has 120 valence electrons. The number of nitrogens with one attached hydrogen (secondary N) is 1. The van der Waals surface area contributed by atoms with E-state index in [-0.39, 0.29) is 10.9 Å². The molecule has 1 atom stereocenters. The first-order chi connectivity index (χ1) is 9.85. The lowest BCUT2D eigenvalue weighted by atomic mass is 10.2. The molecule has 1 N–H and O–H groups in total. The van der Waals surface area contributed by atoms with Crippen molar-refractivity contribution >= 4 is 10.0 Å². The van der Waals surface area contributed by atoms with E-state index < -0.39 is 10.0 Å². The Labute approximate surface area is 127 Å². The molecular weight excluding hydrogens is 290 g/mol. The second-order valence-corrected chi connectivity index (χ2v) is 6.54. The van der Waals surface area contributed by atoms with E-state index in [1.54, 1.807) is 6.07 Å². The van der Waals surface area contributed by atoms with Gasteiger partial charge in [-0.05, 0) is 45.7 Å². The fourth-order valence-corrected chi connectivity index (χ4v) is 3.31. The van der Waals surface area contributed by atoms with Crippen LogP contribution in [0.5, 0.6) is 11.5 Å². The molecule has 0 aromatic heterocycles. The van der Waals surface area contributed by atoms with Gasteiger partial charge in [0.2, 0.25) is 10.0 Å². The van der Waals surface area contributed by atoms with E-state index in [4.69, 9.17) is 9.47 Å². The van der Waals surface area contributed by atoms with Crippen molar-refractivity contribution in [3.63, 3.8) is 0 Å². The molecule has 0 aliphatic rings. The van der Waals surface area contributed by atoms with E-state index in [9.17, 15) is 8.42 Å². The summed E-state index contributed by atoms with van der Waals surface area (Å²) in [6.07, 6.45) is 0.716. The van der Waals surface area contributed by atoms with Gasteiger partial charge >= 0.3 is 0 Å². The van der Waals surface area contributed by atoms with Gasteiger partial charge in [-0.3, -0.25) is 0 Å². The SMILES string of the molecule is CCOc1cc(S(=O)(=O)NC(C)CC)c(OCC)cc1C. The maximum Gasteiger partial charge on any atom is 0.244 e. The van der Waals surface area contributed by atoms with Gasteiger partial charge in [-0.25, -0.2) is 13.1 Å². The lowest BCUT2D eigenvalue weighted by Crippen LogP contribution is -2.32. The van der Waals surface area contributed by atoms with E-state index in [1.165, 1.54) is 6.07 Å². The zero-order valence-electron chi connectivity index (χ0n) is 13.4. The highest BCUT2D eigenvalue weighted by Crippen LogP contribution is 2.32. The number of hydrogen-bond acceptors (Lipinski definition) is 4. The highest BCUT2D eigenvalue weighted by atomic mass is 32.2. The van der Waals surface area contributed by atoms with Crippen LogP contribution in [0.15, 0.2) is 17.0 Å². The maximum absolute atomic E-state index is 12.5. The molecule has 0 saturated carbocycles. The normalized spacial score (nSPS) is 13.0. The summed E-state index contributed by atoms with van der Waals surface area (Å²) in [7, 11) is -3.64. The molecule has 1 aromatic rings. The first kappa shape index (κ1) is 17.8. The molecule has 6 heteroatoms. The van der Waals surface area contributed by atoms with Gasteiger partial charge in [-0.2, -0.15) is 0 Å². The number of hydrogen-bond donors (Lipinski definition) is 1. The van der Waals surface area contributed by atoms with Gasteiger partial charge in [0.1, 0.15) is 16.4 Å². The number of ether oxygens (including phenoxy) is 2. The Morgan fingerprint density at radius 1 is 1.10 bits per heavy atom. The third kappa shape index (κ3) is 4.61. The average molecular weight is 315 g/mol. The van der Waals surface area contributed by atoms with Gasteiger partial charge in [0.25, 0.3) is 0 Å². The Bertz CT molecular complexity index is 569. The molecule has 0 aliphatic heterocycles. The van der Waals surface area contributed by atoms with E-state index in [2.05, 4.69) is 4.72 Å². The van der Waals surface area contributed by atoms with Crippen molar-refractivity contribution < 1.29 is 17.9 Å². The van der Waals surface area contributed by atoms with E-state index in [1.807, 2.05) is 34.6 Å². The molecular formula is C15H25NO4S. The van der Waals surface area contributed by atoms with Crippen LogP contribution in [0.3, 0.4) is 0 Å². The van der Waals surface area contributed by atoms with Crippen molar-refractivity contribution in [3.8, 4) is 11.5 Å². The van der Waals surface area contributed by atoms with Crippen LogP contribution in [0.25, 0.3) is 0 Å². The largest absolute Gasteiger partial charge is 0.494 e. The fraction of sp³-hybridized carbons (Fsp3) is 0.600. The van der Waals surface area contributed by atoms with E-state index in [0.29, 0.717) is 31.1 Å². The minimum Gasteiger partial charge on any atom is -0.494 e. The molecule has 0 amide bonds. The Hall–Kier alpha value is -1.27. The number of benzene rings is 1. The van der Waals surface area contributed by atoms with Crippen molar-refractivity contribution in [1.82, 2.24) is 4.72 Å². The van der Waals surface area contributed by atoms with Gasteiger partial charge in [-0.1, -0.05) is 6.92 Å². The van der Waals surface area contributed by atoms with Crippen molar-refractivity contribution in [2.24, 2.45) is 0 Å². The zero-order valence-corrected chi connectivity index (χ0v) is 14.2. The predicted octanol–water partition coefficient (Wildman–Crippen LogP) is 2.87. The Balaban J connectivity index is 3.32. The molecule has 1 unspecified atom stereocenters. The summed E-state index contributed by atoms with van der Waals surface area (Å²) in [5, 5.41) is 0. The van der Waals surface area contributed by atoms with Crippen molar-refractivity contribution in [2.75, 3.05) is 13.2 Å². The highest BCUT2D eigenvalue weighted by molar-refractivity contribution is 7.89. The van der Waals surface area contributed by atoms with Gasteiger partial charge in [-0.15, -0.1) is 0 Å². The Morgan fingerprint density at radius 2 is 1.67 bits per heavy atom. The second kappa shape index (κ2) is 7.66. The summed E-state index contributed by atoms with van der Waals surface area (Å²) in [6.45, 7) is 10.2. The lowest BCUT2D eigenvalue weighted by molar-refractivity contribution is 0.320. The van der Waals surface area contributed by atoms with E-state index >= 15 is 0 Å². The molecule has 0 radical (unpaired) electrons. The quantitative estimate of drug-likeness (QED) is 0.801. The number of aryl methyl sites for hydroxylation is 1. The third-order valence-corrected chi connectivity index (χ3v) is 4.71. The minimum absolute atomic E-state index is 0.124. The van der Waals surface area contributed by atoms with Gasteiger partial charge in [0.05, 0.1) is 13.2 Å². The second-order valence-electron chi connectivity index (χ2n) is 4.86. The smallest absolute Gasteiger partial charge is 0.244 e. The van der Waals surface area contributed by atoms with Gasteiger partial charge < -0.3 is 9.47 Å². The molecule has 21 heavy (non-hydrogen) atoms. The third-order valence-electron chi connectivity index (χ3n) is 3.10. The molecule has 0 saturated heterocycles. The number of sulfonamides is 1. The summed E-state index contributed by atoms with van der Waals surface area (Å²) < 4.78 is 38.6. The van der Waals surface area contributed by atoms with Crippen LogP contribution >= 0.6 is 0 Å². The summed E-state index contributed by atoms with van der Waals surface area (Å²) in [4.78, 5) is 0.124. The van der Waals surface area contributed by atoms with Crippen molar-refractivity contribution in [2.45, 2.75) is 52.0 Å². The molecule has 0 spiro atoms. The fourth-order valence-electron chi connectivity index (χ4n) is 1.84. The monoisotopic (exact) mass is 315 g/mol. The topological polar surface area (TPSA) is 64.6 Å². The zero-order chi connectivity index (χ0) is 16.0. The van der Waals surface area contributed by atoms with Crippen molar-refractivity contribution in [1.29, 1.82) is 0 Å². The summed E-state index contributed by atoms with van der Waals surface area (Å²) >= 11 is 0. The molecule has 0 aliphatic carbocycles. The van der Waals surface area contributed by atoms with Crippen molar-refractivity contribution in [3.05, 3.63) is 17.7 Å². The molecule has 0 heterocycles. The summed E-state index contributed by atoms with van der Waals surface area (Å²) in [5.41, 5.74) is 0.850. The first-order valence-corrected chi connectivity index (χ1v) is 8.76. The molecule has 0 bridgehead atoms. The molecule has 0 fully saturated rings. The van der Waals surface area contributed by atoms with Gasteiger partial charge in [0, 0.05) is 12.1 Å². The Morgan fingerprint density at radius 3 is 2.19 bits per heavy atom. The van der Waals surface area contributed by atoms with Crippen LogP contribution < -0.4 is 14.2 Å². The van der Waals surface area contributed by atoms with Crippen LogP contribution in [0, 0.1) is 6.92 Å². The summed E-state index contributed by atoms with van der Waals surface area (Å²) in [6, 6.07) is 3.11. The van der Waals surface area contributed by atoms with Crippen LogP contribution in [0.2, 0.25) is 0 Å². The predicted molar refractivity (Wildman–Crippen MR) is 83.6 cm³/mol. The summed E-state index contributed by atoms with van der Waals surface area (Å²) in [5.74, 6) is 0.916. The van der Waals surface area contributed by atoms with Crippen LogP contribution in [-0.4, -0.2) is 27.7 Å². The van der Waals surface area contributed by atoms with Crippen LogP contribution in [0.1, 0.15) is 39.7 Å². The number of rotatable bonds is 8. The standard InChI is InChI=1S/C15H25NO4S/c1-6-12(5)16-21(17,18)15-10-13(19-7-2)11(4)9-14(15)20-8-3/h9-10,12,16H,6-8H2,1-5H3. The molecule has 1 aromatic carbocycles. The maximum atomic E-state index is 12.5. The molecule has 1 rings (SSSR count). The Kier molecular flexibility index (Phi) is 6.48. The first-order valence-electron chi connectivity index (χ1n) is 7.28. The van der Waals surface area contributed by atoms with Gasteiger partial charge in [0.15, 0.2) is 0 Å². The van der Waals surface area contributed by atoms with E-state index in [0.717, 1.165) is 5.56 Å². The molecule has 5 nitrogen and oxygen atoms in total. The van der Waals surface area contributed by atoms with Crippen LogP contribution in [-0.2, 0) is 10.0 Å². The highest BCUT2D eigenvalue weighted by Gasteiger charge is 2.23.